The molecule has 0 aliphatic rings. The van der Waals surface area contributed by atoms with Crippen LogP contribution < -0.4 is 10.0 Å². The largest absolute Gasteiger partial charge is 0.416 e. The van der Waals surface area contributed by atoms with Crippen LogP contribution in [-0.2, 0) is 16.2 Å². The van der Waals surface area contributed by atoms with Gasteiger partial charge in [0.15, 0.2) is 0 Å². The van der Waals surface area contributed by atoms with Gasteiger partial charge in [-0.25, -0.2) is 8.42 Å². The second kappa shape index (κ2) is 8.60. The predicted octanol–water partition coefficient (Wildman–Crippen LogP) is 5.72. The molecule has 0 aromatic heterocycles. The minimum Gasteiger partial charge on any atom is -0.322 e. The molecule has 31 heavy (non-hydrogen) atoms. The standard InChI is InChI=1S/C21H16ClF3N2O3S/c1-13-5-10-18(19(22)11-13)20(28)26-15-6-8-17(9-7-15)31(29,30)27-16-4-2-3-14(12-16)21(23,24)25/h2-12,27H,1H3,(H,26,28). The summed E-state index contributed by atoms with van der Waals surface area (Å²) in [6, 6.07) is 14.0. The van der Waals surface area contributed by atoms with Crippen LogP contribution in [0.4, 0.5) is 24.5 Å². The van der Waals surface area contributed by atoms with Gasteiger partial charge in [-0.05, 0) is 67.1 Å². The Bertz CT molecular complexity index is 1230. The zero-order chi connectivity index (χ0) is 22.8. The smallest absolute Gasteiger partial charge is 0.322 e. The first-order chi connectivity index (χ1) is 14.5. The zero-order valence-electron chi connectivity index (χ0n) is 16.0. The lowest BCUT2D eigenvalue weighted by atomic mass is 10.1. The van der Waals surface area contributed by atoms with Gasteiger partial charge in [-0.2, -0.15) is 13.2 Å². The van der Waals surface area contributed by atoms with Crippen molar-refractivity contribution in [1.82, 2.24) is 0 Å². The van der Waals surface area contributed by atoms with E-state index < -0.39 is 27.7 Å². The highest BCUT2D eigenvalue weighted by Gasteiger charge is 2.30. The first-order valence-electron chi connectivity index (χ1n) is 8.83. The fourth-order valence-electron chi connectivity index (χ4n) is 2.69. The summed E-state index contributed by atoms with van der Waals surface area (Å²) in [7, 11) is -4.14. The maximum atomic E-state index is 12.8. The lowest BCUT2D eigenvalue weighted by Crippen LogP contribution is -2.15. The first-order valence-corrected chi connectivity index (χ1v) is 10.7. The highest BCUT2D eigenvalue weighted by Crippen LogP contribution is 2.31. The predicted molar refractivity (Wildman–Crippen MR) is 113 cm³/mol. The molecule has 10 heteroatoms. The average Bonchev–Trinajstić information content (AvgIpc) is 2.67. The van der Waals surface area contributed by atoms with Gasteiger partial charge in [-0.1, -0.05) is 23.7 Å². The van der Waals surface area contributed by atoms with Crippen LogP contribution in [0.3, 0.4) is 0 Å². The number of halogens is 4. The molecule has 5 nitrogen and oxygen atoms in total. The summed E-state index contributed by atoms with van der Waals surface area (Å²) >= 11 is 6.07. The van der Waals surface area contributed by atoms with Gasteiger partial charge in [0.25, 0.3) is 15.9 Å². The van der Waals surface area contributed by atoms with Crippen LogP contribution in [0.15, 0.2) is 71.6 Å². The number of anilines is 2. The molecule has 0 heterocycles. The van der Waals surface area contributed by atoms with Crippen molar-refractivity contribution < 1.29 is 26.4 Å². The molecule has 1 amide bonds. The number of hydrogen-bond acceptors (Lipinski definition) is 3. The number of hydrogen-bond donors (Lipinski definition) is 2. The monoisotopic (exact) mass is 468 g/mol. The Morgan fingerprint density at radius 3 is 2.23 bits per heavy atom. The number of sulfonamides is 1. The van der Waals surface area contributed by atoms with Crippen molar-refractivity contribution in [3.63, 3.8) is 0 Å². The lowest BCUT2D eigenvalue weighted by molar-refractivity contribution is -0.137. The van der Waals surface area contributed by atoms with Gasteiger partial charge in [0, 0.05) is 11.4 Å². The van der Waals surface area contributed by atoms with Crippen LogP contribution in [0.1, 0.15) is 21.5 Å². The highest BCUT2D eigenvalue weighted by molar-refractivity contribution is 7.92. The van der Waals surface area contributed by atoms with Crippen LogP contribution in [0.5, 0.6) is 0 Å². The maximum absolute atomic E-state index is 12.8. The summed E-state index contributed by atoms with van der Waals surface area (Å²) < 4.78 is 65.6. The maximum Gasteiger partial charge on any atom is 0.416 e. The lowest BCUT2D eigenvalue weighted by Gasteiger charge is -2.12. The summed E-state index contributed by atoms with van der Waals surface area (Å²) in [6.07, 6.45) is -4.60. The van der Waals surface area contributed by atoms with E-state index in [2.05, 4.69) is 10.0 Å². The fraction of sp³-hybridized carbons (Fsp3) is 0.0952. The summed E-state index contributed by atoms with van der Waals surface area (Å²) in [5.41, 5.74) is 0.279. The molecular weight excluding hydrogens is 453 g/mol. The Balaban J connectivity index is 1.75. The molecule has 162 valence electrons. The molecule has 0 saturated heterocycles. The van der Waals surface area contributed by atoms with Crippen molar-refractivity contribution >= 4 is 38.9 Å². The van der Waals surface area contributed by atoms with Crippen molar-refractivity contribution in [3.8, 4) is 0 Å². The molecule has 2 N–H and O–H groups in total. The van der Waals surface area contributed by atoms with Crippen molar-refractivity contribution in [2.24, 2.45) is 0 Å². The molecule has 0 unspecified atom stereocenters. The number of rotatable bonds is 5. The van der Waals surface area contributed by atoms with E-state index in [4.69, 9.17) is 11.6 Å². The van der Waals surface area contributed by atoms with Gasteiger partial charge in [-0.15, -0.1) is 0 Å². The summed E-state index contributed by atoms with van der Waals surface area (Å²) in [6.45, 7) is 1.83. The minimum absolute atomic E-state index is 0.184. The Morgan fingerprint density at radius 2 is 1.61 bits per heavy atom. The van der Waals surface area contributed by atoms with E-state index in [9.17, 15) is 26.4 Å². The third-order valence-electron chi connectivity index (χ3n) is 4.23. The van der Waals surface area contributed by atoms with Crippen LogP contribution in [-0.4, -0.2) is 14.3 Å². The third-order valence-corrected chi connectivity index (χ3v) is 5.94. The first kappa shape index (κ1) is 22.6. The highest BCUT2D eigenvalue weighted by atomic mass is 35.5. The molecule has 3 aromatic carbocycles. The second-order valence-corrected chi connectivity index (χ2v) is 8.74. The molecule has 0 spiro atoms. The van der Waals surface area contributed by atoms with E-state index in [1.54, 1.807) is 18.2 Å². The normalized spacial score (nSPS) is 11.8. The van der Waals surface area contributed by atoms with Crippen LogP contribution in [0.25, 0.3) is 0 Å². The number of nitrogens with one attached hydrogen (secondary N) is 2. The van der Waals surface area contributed by atoms with Crippen molar-refractivity contribution in [1.29, 1.82) is 0 Å². The second-order valence-electron chi connectivity index (χ2n) is 6.65. The molecule has 0 bridgehead atoms. The molecule has 0 aliphatic heterocycles. The van der Waals surface area contributed by atoms with Gasteiger partial charge in [0.05, 0.1) is 21.0 Å². The molecule has 0 fully saturated rings. The number of carbonyl (C=O) groups excluding carboxylic acids is 1. The van der Waals surface area contributed by atoms with Crippen LogP contribution >= 0.6 is 11.6 Å². The Labute approximate surface area is 181 Å². The Morgan fingerprint density at radius 1 is 0.935 bits per heavy atom. The topological polar surface area (TPSA) is 75.3 Å². The molecule has 3 aromatic rings. The van der Waals surface area contributed by atoms with Gasteiger partial charge >= 0.3 is 6.18 Å². The van der Waals surface area contributed by atoms with E-state index >= 15 is 0 Å². The third kappa shape index (κ3) is 5.56. The molecule has 0 radical (unpaired) electrons. The minimum atomic E-state index is -4.60. The van der Waals surface area contributed by atoms with Gasteiger partial charge in [0.2, 0.25) is 0 Å². The van der Waals surface area contributed by atoms with Crippen molar-refractivity contribution in [2.75, 3.05) is 10.0 Å². The molecule has 3 rings (SSSR count). The molecule has 0 atom stereocenters. The number of alkyl halides is 3. The number of amides is 1. The number of benzene rings is 3. The molecule has 0 aliphatic carbocycles. The van der Waals surface area contributed by atoms with E-state index in [0.29, 0.717) is 11.8 Å². The average molecular weight is 469 g/mol. The summed E-state index contributed by atoms with van der Waals surface area (Å²) in [5.74, 6) is -0.470. The van der Waals surface area contributed by atoms with E-state index in [1.807, 2.05) is 6.92 Å². The molecule has 0 saturated carbocycles. The quantitative estimate of drug-likeness (QED) is 0.503. The number of aryl methyl sites for hydroxylation is 1. The fourth-order valence-corrected chi connectivity index (χ4v) is 4.06. The summed E-state index contributed by atoms with van der Waals surface area (Å²) in [5, 5.41) is 2.89. The van der Waals surface area contributed by atoms with E-state index in [1.165, 1.54) is 30.3 Å². The van der Waals surface area contributed by atoms with Crippen LogP contribution in [0.2, 0.25) is 5.02 Å². The SMILES string of the molecule is Cc1ccc(C(=O)Nc2ccc(S(=O)(=O)Nc3cccc(C(F)(F)F)c3)cc2)c(Cl)c1. The van der Waals surface area contributed by atoms with E-state index in [0.717, 1.165) is 17.7 Å². The number of carbonyl (C=O) groups is 1. The van der Waals surface area contributed by atoms with Gasteiger partial charge < -0.3 is 5.32 Å². The van der Waals surface area contributed by atoms with Crippen LogP contribution in [0, 0.1) is 6.92 Å². The van der Waals surface area contributed by atoms with Gasteiger partial charge in [-0.3, -0.25) is 9.52 Å². The van der Waals surface area contributed by atoms with Gasteiger partial charge in [0.1, 0.15) is 0 Å². The van der Waals surface area contributed by atoms with E-state index in [-0.39, 0.29) is 21.2 Å². The summed E-state index contributed by atoms with van der Waals surface area (Å²) in [4.78, 5) is 12.2. The van der Waals surface area contributed by atoms with Crippen molar-refractivity contribution in [3.05, 3.63) is 88.4 Å². The van der Waals surface area contributed by atoms with Crippen molar-refractivity contribution in [2.45, 2.75) is 18.0 Å². The Kier molecular flexibility index (Phi) is 6.28. The Hall–Kier alpha value is -3.04. The molecular formula is C21H16ClF3N2O3S. The zero-order valence-corrected chi connectivity index (χ0v) is 17.6.